The van der Waals surface area contributed by atoms with E-state index in [0.717, 1.165) is 22.0 Å². The summed E-state index contributed by atoms with van der Waals surface area (Å²) in [7, 11) is 1.78. The van der Waals surface area contributed by atoms with Gasteiger partial charge in [-0.25, -0.2) is 0 Å². The number of H-pyrrole nitrogens is 1. The number of hydrogen-bond donors (Lipinski definition) is 1. The second-order valence-corrected chi connectivity index (χ2v) is 4.47. The first kappa shape index (κ1) is 10.1. The van der Waals surface area contributed by atoms with Gasteiger partial charge in [0.25, 0.3) is 0 Å². The maximum Gasteiger partial charge on any atom is 0.215 e. The molecule has 0 unspecified atom stereocenters. The van der Waals surface area contributed by atoms with Crippen molar-refractivity contribution in [1.29, 1.82) is 0 Å². The predicted octanol–water partition coefficient (Wildman–Crippen LogP) is 2.03. The summed E-state index contributed by atoms with van der Waals surface area (Å²) >= 11 is 0. The molecule has 1 N–H and O–H groups in total. The third kappa shape index (κ3) is 1.30. The van der Waals surface area contributed by atoms with Gasteiger partial charge in [-0.15, -0.1) is 0 Å². The normalized spacial score (nSPS) is 11.5. The lowest BCUT2D eigenvalue weighted by Crippen LogP contribution is -2.08. The molecule has 86 valence electrons. The van der Waals surface area contributed by atoms with Crippen LogP contribution in [0.4, 0.5) is 0 Å². The summed E-state index contributed by atoms with van der Waals surface area (Å²) in [5, 5.41) is 4.84. The molecule has 1 aromatic carbocycles. The minimum absolute atomic E-state index is 0.0388. The van der Waals surface area contributed by atoms with Crippen LogP contribution < -0.4 is 5.43 Å². The summed E-state index contributed by atoms with van der Waals surface area (Å²) < 4.78 is 1.61. The first-order valence-corrected chi connectivity index (χ1v) is 5.53. The molecule has 0 bridgehead atoms. The third-order valence-corrected chi connectivity index (χ3v) is 3.30. The maximum absolute atomic E-state index is 12.4. The van der Waals surface area contributed by atoms with Gasteiger partial charge in [0.05, 0.1) is 17.2 Å². The van der Waals surface area contributed by atoms with E-state index in [2.05, 4.69) is 10.1 Å². The third-order valence-electron chi connectivity index (χ3n) is 3.30. The lowest BCUT2D eigenvalue weighted by molar-refractivity contribution is 0.795. The van der Waals surface area contributed by atoms with Crippen LogP contribution in [0.25, 0.3) is 21.9 Å². The highest BCUT2D eigenvalue weighted by atomic mass is 16.1. The number of hydrogen-bond acceptors (Lipinski definition) is 2. The molecule has 0 aliphatic rings. The van der Waals surface area contributed by atoms with Crippen LogP contribution in [-0.2, 0) is 7.05 Å². The number of nitrogens with one attached hydrogen (secondary N) is 1. The molecule has 0 spiro atoms. The van der Waals surface area contributed by atoms with Gasteiger partial charge in [0.2, 0.25) is 5.43 Å². The Labute approximate surface area is 97.9 Å². The van der Waals surface area contributed by atoms with Crippen LogP contribution in [0.2, 0.25) is 0 Å². The summed E-state index contributed by atoms with van der Waals surface area (Å²) in [5.74, 6) is 0. The van der Waals surface area contributed by atoms with Crippen molar-refractivity contribution in [2.75, 3.05) is 0 Å². The van der Waals surface area contributed by atoms with Crippen molar-refractivity contribution in [2.45, 2.75) is 13.8 Å². The molecule has 3 rings (SSSR count). The van der Waals surface area contributed by atoms with E-state index in [1.807, 2.05) is 26.0 Å². The molecule has 3 aromatic rings. The zero-order valence-electron chi connectivity index (χ0n) is 10.0. The molecule has 0 saturated carbocycles. The number of aryl methyl sites for hydroxylation is 3. The van der Waals surface area contributed by atoms with Gasteiger partial charge in [-0.05, 0) is 37.1 Å². The number of nitrogens with zero attached hydrogens (tertiary/aromatic N) is 2. The number of fused-ring (bicyclic) bond motifs is 2. The van der Waals surface area contributed by atoms with E-state index < -0.39 is 0 Å². The van der Waals surface area contributed by atoms with Crippen molar-refractivity contribution >= 4 is 21.9 Å². The Kier molecular flexibility index (Phi) is 1.90. The van der Waals surface area contributed by atoms with Crippen molar-refractivity contribution in [2.24, 2.45) is 7.05 Å². The molecule has 17 heavy (non-hydrogen) atoms. The average Bonchev–Trinajstić information content (AvgIpc) is 2.64. The van der Waals surface area contributed by atoms with Gasteiger partial charge in [0, 0.05) is 12.4 Å². The van der Waals surface area contributed by atoms with E-state index in [9.17, 15) is 4.79 Å². The van der Waals surface area contributed by atoms with E-state index in [-0.39, 0.29) is 5.43 Å². The first-order chi connectivity index (χ1) is 8.08. The van der Waals surface area contributed by atoms with Gasteiger partial charge in [-0.2, -0.15) is 5.10 Å². The second kappa shape index (κ2) is 3.20. The van der Waals surface area contributed by atoms with E-state index in [0.29, 0.717) is 5.52 Å². The molecule has 4 heteroatoms. The highest BCUT2D eigenvalue weighted by Gasteiger charge is 2.09. The summed E-state index contributed by atoms with van der Waals surface area (Å²) in [5.41, 5.74) is 4.63. The molecule has 2 aromatic heterocycles. The monoisotopic (exact) mass is 227 g/mol. The number of aromatic amines is 1. The summed E-state index contributed by atoms with van der Waals surface area (Å²) in [4.78, 5) is 15.6. The predicted molar refractivity (Wildman–Crippen MR) is 68.3 cm³/mol. The Balaban J connectivity index is 2.62. The van der Waals surface area contributed by atoms with Gasteiger partial charge < -0.3 is 4.98 Å². The first-order valence-electron chi connectivity index (χ1n) is 5.53. The van der Waals surface area contributed by atoms with Crippen LogP contribution in [0, 0.1) is 13.8 Å². The second-order valence-electron chi connectivity index (χ2n) is 4.47. The van der Waals surface area contributed by atoms with Gasteiger partial charge in [-0.1, -0.05) is 0 Å². The molecule has 0 fully saturated rings. The van der Waals surface area contributed by atoms with Gasteiger partial charge in [0.15, 0.2) is 0 Å². The smallest absolute Gasteiger partial charge is 0.215 e. The van der Waals surface area contributed by atoms with E-state index in [1.54, 1.807) is 17.9 Å². The number of aromatic nitrogens is 3. The molecule has 0 aliphatic carbocycles. The number of pyridine rings is 1. The molecule has 0 saturated heterocycles. The fourth-order valence-electron chi connectivity index (χ4n) is 2.18. The Morgan fingerprint density at radius 1 is 1.18 bits per heavy atom. The van der Waals surface area contributed by atoms with Crippen LogP contribution >= 0.6 is 0 Å². The topological polar surface area (TPSA) is 50.7 Å². The molecule has 0 aliphatic heterocycles. The van der Waals surface area contributed by atoms with Crippen LogP contribution in [0.3, 0.4) is 0 Å². The number of benzene rings is 1. The van der Waals surface area contributed by atoms with Crippen LogP contribution in [0.5, 0.6) is 0 Å². The van der Waals surface area contributed by atoms with Crippen LogP contribution in [0.15, 0.2) is 23.1 Å². The lowest BCUT2D eigenvalue weighted by Gasteiger charge is -2.04. The minimum atomic E-state index is 0.0388. The van der Waals surface area contributed by atoms with Crippen molar-refractivity contribution in [3.8, 4) is 0 Å². The van der Waals surface area contributed by atoms with Crippen molar-refractivity contribution in [1.82, 2.24) is 14.8 Å². The molecule has 0 amide bonds. The Hall–Kier alpha value is -2.10. The molecule has 0 radical (unpaired) electrons. The average molecular weight is 227 g/mol. The quantitative estimate of drug-likeness (QED) is 0.639. The summed E-state index contributed by atoms with van der Waals surface area (Å²) in [6, 6.07) is 3.95. The highest BCUT2D eigenvalue weighted by Crippen LogP contribution is 2.18. The van der Waals surface area contributed by atoms with E-state index in [1.165, 1.54) is 5.56 Å². The van der Waals surface area contributed by atoms with Crippen LogP contribution in [-0.4, -0.2) is 14.8 Å². The minimum Gasteiger partial charge on any atom is -0.352 e. The fraction of sp³-hybridized carbons (Fsp3) is 0.231. The largest absolute Gasteiger partial charge is 0.352 e. The molecule has 4 nitrogen and oxygen atoms in total. The van der Waals surface area contributed by atoms with Gasteiger partial charge in [0.1, 0.15) is 5.52 Å². The van der Waals surface area contributed by atoms with Gasteiger partial charge >= 0.3 is 0 Å². The van der Waals surface area contributed by atoms with E-state index >= 15 is 0 Å². The van der Waals surface area contributed by atoms with Gasteiger partial charge in [-0.3, -0.25) is 9.48 Å². The lowest BCUT2D eigenvalue weighted by atomic mass is 10.1. The van der Waals surface area contributed by atoms with Crippen molar-refractivity contribution < 1.29 is 0 Å². The highest BCUT2D eigenvalue weighted by molar-refractivity contribution is 5.91. The maximum atomic E-state index is 12.4. The molecule has 2 heterocycles. The number of rotatable bonds is 0. The summed E-state index contributed by atoms with van der Waals surface area (Å²) in [6.07, 6.45) is 1.69. The molecular formula is C13H13N3O. The van der Waals surface area contributed by atoms with E-state index in [4.69, 9.17) is 0 Å². The molecule has 0 atom stereocenters. The zero-order chi connectivity index (χ0) is 12.2. The summed E-state index contributed by atoms with van der Waals surface area (Å²) in [6.45, 7) is 4.06. The van der Waals surface area contributed by atoms with Crippen molar-refractivity contribution in [3.63, 3.8) is 0 Å². The van der Waals surface area contributed by atoms with Crippen LogP contribution in [0.1, 0.15) is 11.1 Å². The Morgan fingerprint density at radius 2 is 1.88 bits per heavy atom. The zero-order valence-corrected chi connectivity index (χ0v) is 10.0. The standard InChI is InChI=1S/C13H13N3O/c1-7-4-9-10(5-8(7)2)15-11-6-14-16(3)12(11)13(9)17/h4-6H,1-3H3,(H,15,17). The fourth-order valence-corrected chi connectivity index (χ4v) is 2.18. The van der Waals surface area contributed by atoms with Crippen molar-refractivity contribution in [3.05, 3.63) is 39.7 Å². The Bertz CT molecular complexity index is 796. The Morgan fingerprint density at radius 3 is 2.65 bits per heavy atom. The molecular weight excluding hydrogens is 214 g/mol. The SMILES string of the molecule is Cc1cc2[nH]c3cnn(C)c3c(=O)c2cc1C.